The van der Waals surface area contributed by atoms with Crippen LogP contribution in [0.4, 0.5) is 10.5 Å². The summed E-state index contributed by atoms with van der Waals surface area (Å²) in [4.78, 5) is 20.4. The largest absolute Gasteiger partial charge is 0.383 e. The SMILES string of the molecule is Cc1cc(Cl)ccc1NC(=O)N=O. The molecule has 1 aromatic rings. The van der Waals surface area contributed by atoms with Gasteiger partial charge in [0.1, 0.15) is 0 Å². The van der Waals surface area contributed by atoms with Crippen LogP contribution in [0.2, 0.25) is 5.02 Å². The summed E-state index contributed by atoms with van der Waals surface area (Å²) in [5.74, 6) is 0. The van der Waals surface area contributed by atoms with Gasteiger partial charge in [0.05, 0.1) is 0 Å². The summed E-state index contributed by atoms with van der Waals surface area (Å²) in [6.45, 7) is 1.77. The first-order valence-electron chi connectivity index (χ1n) is 3.54. The predicted molar refractivity (Wildman–Crippen MR) is 51.0 cm³/mol. The van der Waals surface area contributed by atoms with Gasteiger partial charge in [-0.2, -0.15) is 0 Å². The minimum absolute atomic E-state index is 0.536. The highest BCUT2D eigenvalue weighted by Crippen LogP contribution is 2.19. The lowest BCUT2D eigenvalue weighted by Gasteiger charge is -2.04. The van der Waals surface area contributed by atoms with Crippen molar-refractivity contribution >= 4 is 23.3 Å². The van der Waals surface area contributed by atoms with E-state index in [1.807, 2.05) is 0 Å². The Balaban J connectivity index is 2.89. The van der Waals surface area contributed by atoms with Gasteiger partial charge in [0.15, 0.2) is 0 Å². The lowest BCUT2D eigenvalue weighted by atomic mass is 10.2. The minimum Gasteiger partial charge on any atom is -0.303 e. The van der Waals surface area contributed by atoms with E-state index in [0.717, 1.165) is 5.56 Å². The van der Waals surface area contributed by atoms with Gasteiger partial charge in [0.25, 0.3) is 0 Å². The predicted octanol–water partition coefficient (Wildman–Crippen LogP) is 2.95. The highest BCUT2D eigenvalue weighted by atomic mass is 35.5. The van der Waals surface area contributed by atoms with Crippen LogP contribution >= 0.6 is 11.6 Å². The van der Waals surface area contributed by atoms with Gasteiger partial charge in [-0.3, -0.25) is 0 Å². The van der Waals surface area contributed by atoms with Crippen molar-refractivity contribution < 1.29 is 4.79 Å². The molecule has 0 unspecified atom stereocenters. The van der Waals surface area contributed by atoms with E-state index in [1.54, 1.807) is 25.1 Å². The molecular formula is C8H7ClN2O2. The number of nitrogens with one attached hydrogen (secondary N) is 1. The molecule has 0 aliphatic carbocycles. The number of hydrogen-bond donors (Lipinski definition) is 1. The number of rotatable bonds is 1. The molecule has 0 saturated heterocycles. The number of carbonyl (C=O) groups is 1. The maximum Gasteiger partial charge on any atom is 0.383 e. The topological polar surface area (TPSA) is 58.5 Å². The zero-order valence-corrected chi connectivity index (χ0v) is 7.63. The maximum absolute atomic E-state index is 10.6. The number of nitroso groups, excluding NO2 is 1. The van der Waals surface area contributed by atoms with E-state index in [-0.39, 0.29) is 0 Å². The molecule has 0 atom stereocenters. The Morgan fingerprint density at radius 3 is 2.77 bits per heavy atom. The summed E-state index contributed by atoms with van der Waals surface area (Å²) in [5, 5.41) is 5.10. The Hall–Kier alpha value is -1.42. The number of urea groups is 1. The summed E-state index contributed by atoms with van der Waals surface area (Å²) in [5.41, 5.74) is 1.32. The molecule has 1 rings (SSSR count). The van der Waals surface area contributed by atoms with Crippen LogP contribution in [0.3, 0.4) is 0 Å². The molecule has 0 radical (unpaired) electrons. The molecule has 68 valence electrons. The van der Waals surface area contributed by atoms with Gasteiger partial charge in [-0.15, -0.1) is 4.91 Å². The van der Waals surface area contributed by atoms with Crippen LogP contribution < -0.4 is 5.32 Å². The van der Waals surface area contributed by atoms with Crippen molar-refractivity contribution in [3.8, 4) is 0 Å². The van der Waals surface area contributed by atoms with Gasteiger partial charge >= 0.3 is 6.03 Å². The molecule has 1 aromatic carbocycles. The molecule has 0 saturated carbocycles. The second-order valence-corrected chi connectivity index (χ2v) is 2.92. The Kier molecular flexibility index (Phi) is 2.97. The average molecular weight is 199 g/mol. The van der Waals surface area contributed by atoms with Gasteiger partial charge in [-0.1, -0.05) is 11.6 Å². The highest BCUT2D eigenvalue weighted by Gasteiger charge is 2.03. The van der Waals surface area contributed by atoms with Gasteiger partial charge in [0, 0.05) is 15.9 Å². The number of benzene rings is 1. The molecule has 0 aliphatic heterocycles. The number of anilines is 1. The first-order valence-corrected chi connectivity index (χ1v) is 3.92. The van der Waals surface area contributed by atoms with Crippen molar-refractivity contribution in [1.82, 2.24) is 0 Å². The number of amides is 2. The van der Waals surface area contributed by atoms with Crippen molar-refractivity contribution in [3.63, 3.8) is 0 Å². The van der Waals surface area contributed by atoms with Gasteiger partial charge in [0.2, 0.25) is 0 Å². The van der Waals surface area contributed by atoms with E-state index in [0.29, 0.717) is 10.7 Å². The summed E-state index contributed by atoms with van der Waals surface area (Å²) in [6.07, 6.45) is 0. The van der Waals surface area contributed by atoms with Crippen LogP contribution in [-0.2, 0) is 0 Å². The van der Waals surface area contributed by atoms with E-state index in [2.05, 4.69) is 10.5 Å². The monoisotopic (exact) mass is 198 g/mol. The van der Waals surface area contributed by atoms with Crippen molar-refractivity contribution in [2.24, 2.45) is 5.18 Å². The second kappa shape index (κ2) is 4.00. The smallest absolute Gasteiger partial charge is 0.303 e. The molecule has 0 spiro atoms. The molecule has 5 heteroatoms. The van der Waals surface area contributed by atoms with E-state index >= 15 is 0 Å². The van der Waals surface area contributed by atoms with Crippen molar-refractivity contribution in [2.75, 3.05) is 5.32 Å². The quantitative estimate of drug-likeness (QED) is 0.706. The molecule has 0 aromatic heterocycles. The molecule has 0 bridgehead atoms. The van der Waals surface area contributed by atoms with Crippen molar-refractivity contribution in [2.45, 2.75) is 6.92 Å². The lowest BCUT2D eigenvalue weighted by Crippen LogP contribution is -2.06. The van der Waals surface area contributed by atoms with Crippen LogP contribution in [0.1, 0.15) is 5.56 Å². The van der Waals surface area contributed by atoms with Crippen molar-refractivity contribution in [1.29, 1.82) is 0 Å². The normalized spacial score (nSPS) is 9.38. The third kappa shape index (κ3) is 2.52. The summed E-state index contributed by atoms with van der Waals surface area (Å²) < 4.78 is 0. The van der Waals surface area contributed by atoms with Crippen LogP contribution in [0.5, 0.6) is 0 Å². The Morgan fingerprint density at radius 2 is 2.23 bits per heavy atom. The van der Waals surface area contributed by atoms with Crippen LogP contribution in [0.15, 0.2) is 23.4 Å². The number of aryl methyl sites for hydroxylation is 1. The Labute approximate surface area is 79.9 Å². The first-order chi connectivity index (χ1) is 6.13. The number of halogens is 1. The fourth-order valence-electron chi connectivity index (χ4n) is 0.905. The third-order valence-corrected chi connectivity index (χ3v) is 1.75. The zero-order chi connectivity index (χ0) is 9.84. The summed E-state index contributed by atoms with van der Waals surface area (Å²) in [7, 11) is 0. The molecule has 1 N–H and O–H groups in total. The minimum atomic E-state index is -0.912. The Bertz CT molecular complexity index is 352. The second-order valence-electron chi connectivity index (χ2n) is 2.48. The highest BCUT2D eigenvalue weighted by molar-refractivity contribution is 6.30. The number of hydrogen-bond acceptors (Lipinski definition) is 2. The van der Waals surface area contributed by atoms with Crippen LogP contribution in [0.25, 0.3) is 0 Å². The van der Waals surface area contributed by atoms with Gasteiger partial charge in [-0.25, -0.2) is 4.79 Å². The van der Waals surface area contributed by atoms with Crippen molar-refractivity contribution in [3.05, 3.63) is 33.7 Å². The van der Waals surface area contributed by atoms with E-state index in [1.165, 1.54) is 0 Å². The summed E-state index contributed by atoms with van der Waals surface area (Å²) in [6, 6.07) is 4.00. The van der Waals surface area contributed by atoms with Crippen LogP contribution in [-0.4, -0.2) is 6.03 Å². The third-order valence-electron chi connectivity index (χ3n) is 1.51. The molecule has 0 fully saturated rings. The van der Waals surface area contributed by atoms with E-state index < -0.39 is 6.03 Å². The standard InChI is InChI=1S/C8H7ClN2O2/c1-5-4-6(9)2-3-7(5)10-8(12)11-13/h2-4H,1H3,(H,10,12). The van der Waals surface area contributed by atoms with Gasteiger partial charge in [-0.05, 0) is 30.7 Å². The molecular weight excluding hydrogens is 192 g/mol. The molecule has 0 aliphatic rings. The molecule has 2 amide bonds. The van der Waals surface area contributed by atoms with E-state index in [9.17, 15) is 9.70 Å². The summed E-state index contributed by atoms with van der Waals surface area (Å²) >= 11 is 5.69. The molecule has 13 heavy (non-hydrogen) atoms. The molecule has 4 nitrogen and oxygen atoms in total. The lowest BCUT2D eigenvalue weighted by molar-refractivity contribution is 0.259. The number of nitrogens with zero attached hydrogens (tertiary/aromatic N) is 1. The fourth-order valence-corrected chi connectivity index (χ4v) is 1.13. The zero-order valence-electron chi connectivity index (χ0n) is 6.87. The maximum atomic E-state index is 10.6. The Morgan fingerprint density at radius 1 is 1.54 bits per heavy atom. The molecule has 0 heterocycles. The van der Waals surface area contributed by atoms with Crippen LogP contribution in [0, 0.1) is 11.8 Å². The first kappa shape index (κ1) is 9.67. The fraction of sp³-hybridized carbons (Fsp3) is 0.125. The van der Waals surface area contributed by atoms with Gasteiger partial charge < -0.3 is 5.32 Å². The van der Waals surface area contributed by atoms with E-state index in [4.69, 9.17) is 11.6 Å². The average Bonchev–Trinajstić information content (AvgIpc) is 2.09. The number of carbonyl (C=O) groups excluding carboxylic acids is 1.